The maximum absolute atomic E-state index is 13.6. The molecule has 0 radical (unpaired) electrons. The Bertz CT molecular complexity index is 1560. The van der Waals surface area contributed by atoms with E-state index in [9.17, 15) is 28.0 Å². The van der Waals surface area contributed by atoms with Crippen molar-refractivity contribution in [3.63, 3.8) is 0 Å². The number of nitrogens with zero attached hydrogens (tertiary/aromatic N) is 4. The number of rotatable bonds is 7. The molecule has 42 heavy (non-hydrogen) atoms. The van der Waals surface area contributed by atoms with Gasteiger partial charge in [-0.1, -0.05) is 25.0 Å². The van der Waals surface area contributed by atoms with Crippen LogP contribution in [0.25, 0.3) is 21.1 Å². The summed E-state index contributed by atoms with van der Waals surface area (Å²) in [6.45, 7) is 3.88. The number of benzene rings is 1. The lowest BCUT2D eigenvalue weighted by molar-refractivity contribution is -0.128. The van der Waals surface area contributed by atoms with Gasteiger partial charge in [0.05, 0.1) is 45.6 Å². The fourth-order valence-electron chi connectivity index (χ4n) is 5.58. The van der Waals surface area contributed by atoms with Gasteiger partial charge in [-0.25, -0.2) is 17.8 Å². The number of aromatic nitrogens is 2. The summed E-state index contributed by atoms with van der Waals surface area (Å²) in [6.07, 6.45) is 4.28. The summed E-state index contributed by atoms with van der Waals surface area (Å²) in [5, 5.41) is 23.3. The van der Waals surface area contributed by atoms with E-state index in [2.05, 4.69) is 15.2 Å². The molecule has 0 bridgehead atoms. The Morgan fingerprint density at radius 1 is 1.17 bits per heavy atom. The molecule has 3 heterocycles. The van der Waals surface area contributed by atoms with Gasteiger partial charge >= 0.3 is 0 Å². The zero-order chi connectivity index (χ0) is 30.1. The number of carbonyl (C=O) groups is 1. The number of hydrogen-bond acceptors (Lipinski definition) is 9. The van der Waals surface area contributed by atoms with E-state index in [1.165, 1.54) is 31.3 Å². The predicted octanol–water partition coefficient (Wildman–Crippen LogP) is 4.30. The number of thiazole rings is 1. The topological polar surface area (TPSA) is 136 Å². The number of amides is 1. The van der Waals surface area contributed by atoms with Crippen molar-refractivity contribution in [2.75, 3.05) is 29.5 Å². The molecule has 1 aromatic carbocycles. The van der Waals surface area contributed by atoms with Crippen molar-refractivity contribution in [2.45, 2.75) is 57.1 Å². The highest BCUT2D eigenvalue weighted by atomic mass is 32.2. The lowest BCUT2D eigenvalue weighted by Gasteiger charge is -2.32. The van der Waals surface area contributed by atoms with Gasteiger partial charge in [0.1, 0.15) is 16.9 Å². The van der Waals surface area contributed by atoms with E-state index >= 15 is 0 Å². The number of aliphatic hydroxyl groups is 1. The third-order valence-electron chi connectivity index (χ3n) is 8.02. The Kier molecular flexibility index (Phi) is 8.64. The second-order valence-electron chi connectivity index (χ2n) is 11.5. The Labute approximate surface area is 249 Å². The molecule has 1 aliphatic carbocycles. The fraction of sp³-hybridized carbons (Fsp3) is 0.467. The second-order valence-corrected chi connectivity index (χ2v) is 14.8. The van der Waals surface area contributed by atoms with Crippen molar-refractivity contribution in [3.05, 3.63) is 54.1 Å². The zero-order valence-electron chi connectivity index (χ0n) is 23.6. The quantitative estimate of drug-likeness (QED) is 0.404. The summed E-state index contributed by atoms with van der Waals surface area (Å²) in [4.78, 5) is 25.7. The monoisotopic (exact) mass is 611 g/mol. The summed E-state index contributed by atoms with van der Waals surface area (Å²) >= 11 is 1.43. The smallest absolute Gasteiger partial charge is 0.224 e. The molecular formula is C30H34FN5O4S2. The van der Waals surface area contributed by atoms with Crippen molar-refractivity contribution in [2.24, 2.45) is 5.92 Å². The lowest BCUT2D eigenvalue weighted by atomic mass is 9.76. The lowest BCUT2D eigenvalue weighted by Crippen LogP contribution is -2.51. The van der Waals surface area contributed by atoms with Crippen molar-refractivity contribution in [1.82, 2.24) is 15.3 Å². The first-order chi connectivity index (χ1) is 19.9. The summed E-state index contributed by atoms with van der Waals surface area (Å²) in [5.74, 6) is -1.14. The van der Waals surface area contributed by atoms with Crippen LogP contribution in [0.4, 0.5) is 10.1 Å². The minimum Gasteiger partial charge on any atom is -0.387 e. The van der Waals surface area contributed by atoms with Crippen LogP contribution >= 0.6 is 11.3 Å². The number of anilines is 1. The summed E-state index contributed by atoms with van der Waals surface area (Å²) in [5.41, 5.74) is 1.73. The average Bonchev–Trinajstić information content (AvgIpc) is 3.41. The third-order valence-corrected chi connectivity index (χ3v) is 10.8. The summed E-state index contributed by atoms with van der Waals surface area (Å²) < 4.78 is 37.4. The predicted molar refractivity (Wildman–Crippen MR) is 160 cm³/mol. The van der Waals surface area contributed by atoms with Gasteiger partial charge in [0, 0.05) is 30.6 Å². The van der Waals surface area contributed by atoms with Crippen molar-refractivity contribution < 1.29 is 22.7 Å². The largest absolute Gasteiger partial charge is 0.387 e. The Balaban J connectivity index is 1.50. The van der Waals surface area contributed by atoms with Gasteiger partial charge in [0.2, 0.25) is 5.91 Å². The van der Waals surface area contributed by atoms with Crippen LogP contribution in [-0.2, 0) is 14.6 Å². The number of pyridine rings is 1. The number of nitrogens with one attached hydrogen (secondary N) is 1. The van der Waals surface area contributed by atoms with Crippen LogP contribution in [0.5, 0.6) is 0 Å². The van der Waals surface area contributed by atoms with Crippen LogP contribution in [0.1, 0.15) is 51.1 Å². The van der Waals surface area contributed by atoms with Crippen LogP contribution in [-0.4, -0.2) is 65.6 Å². The SMILES string of the molecule is CC(C)(O)C(C#N)NC(=O)C1CCCCC1c1nc(-c2ccc(F)cn2)sc1-c1ccc(N2CCS(=O)(=O)CC2)cc1. The molecule has 3 aromatic rings. The van der Waals surface area contributed by atoms with E-state index in [4.69, 9.17) is 4.98 Å². The Morgan fingerprint density at radius 2 is 1.86 bits per heavy atom. The second kappa shape index (κ2) is 12.1. The van der Waals surface area contributed by atoms with Crippen LogP contribution in [0.3, 0.4) is 0 Å². The highest BCUT2D eigenvalue weighted by Crippen LogP contribution is 2.46. The van der Waals surface area contributed by atoms with Gasteiger partial charge in [-0.15, -0.1) is 11.3 Å². The molecule has 2 aromatic heterocycles. The molecule has 2 aliphatic rings. The summed E-state index contributed by atoms with van der Waals surface area (Å²) in [7, 11) is -2.99. The maximum Gasteiger partial charge on any atom is 0.224 e. The van der Waals surface area contributed by atoms with Crippen molar-refractivity contribution in [1.29, 1.82) is 5.26 Å². The Hall–Kier alpha value is -3.40. The van der Waals surface area contributed by atoms with Crippen molar-refractivity contribution in [3.8, 4) is 27.2 Å². The van der Waals surface area contributed by atoms with Crippen LogP contribution in [0.15, 0.2) is 42.6 Å². The molecule has 9 nitrogen and oxygen atoms in total. The molecule has 0 spiro atoms. The number of sulfone groups is 1. The van der Waals surface area contributed by atoms with Crippen LogP contribution < -0.4 is 10.2 Å². The molecule has 1 saturated heterocycles. The molecule has 3 atom stereocenters. The first kappa shape index (κ1) is 30.1. The molecule has 12 heteroatoms. The highest BCUT2D eigenvalue weighted by Gasteiger charge is 2.38. The number of nitriles is 1. The molecule has 1 aliphatic heterocycles. The van der Waals surface area contributed by atoms with Crippen LogP contribution in [0, 0.1) is 23.1 Å². The van der Waals surface area contributed by atoms with E-state index in [1.54, 1.807) is 6.07 Å². The molecule has 222 valence electrons. The minimum absolute atomic E-state index is 0.132. The third kappa shape index (κ3) is 6.64. The molecule has 5 rings (SSSR count). The standard InChI is InChI=1S/C30H34FN5O4S2/c1-30(2,38)25(17-32)34-28(37)23-6-4-3-5-22(23)26-27(41-29(35-26)24-12-9-20(31)18-33-24)19-7-10-21(11-8-19)36-13-15-42(39,40)16-14-36/h7-12,18,22-23,25,38H,3-6,13-16H2,1-2H3,(H,34,37). The van der Waals surface area contributed by atoms with E-state index in [0.717, 1.165) is 47.3 Å². The molecule has 2 N–H and O–H groups in total. The van der Waals surface area contributed by atoms with Gasteiger partial charge in [-0.05, 0) is 56.5 Å². The van der Waals surface area contributed by atoms with E-state index in [0.29, 0.717) is 30.2 Å². The van der Waals surface area contributed by atoms with Gasteiger partial charge in [-0.2, -0.15) is 5.26 Å². The van der Waals surface area contributed by atoms with E-state index in [1.807, 2.05) is 30.3 Å². The number of carbonyl (C=O) groups excluding carboxylic acids is 1. The Morgan fingerprint density at radius 3 is 2.48 bits per heavy atom. The molecule has 1 saturated carbocycles. The van der Waals surface area contributed by atoms with Gasteiger partial charge in [0.25, 0.3) is 0 Å². The molecule has 3 unspecified atom stereocenters. The normalized spacial score (nSPS) is 21.4. The number of halogens is 1. The van der Waals surface area contributed by atoms with E-state index < -0.39 is 33.2 Å². The van der Waals surface area contributed by atoms with Gasteiger partial charge in [-0.3, -0.25) is 9.78 Å². The first-order valence-electron chi connectivity index (χ1n) is 14.1. The first-order valence-corrected chi connectivity index (χ1v) is 16.7. The fourth-order valence-corrected chi connectivity index (χ4v) is 7.90. The minimum atomic E-state index is -2.99. The van der Waals surface area contributed by atoms with Gasteiger partial charge < -0.3 is 15.3 Å². The summed E-state index contributed by atoms with van der Waals surface area (Å²) in [6, 6.07) is 11.8. The van der Waals surface area contributed by atoms with Crippen LogP contribution in [0.2, 0.25) is 0 Å². The van der Waals surface area contributed by atoms with Crippen molar-refractivity contribution >= 4 is 32.8 Å². The number of hydrogen-bond donors (Lipinski definition) is 2. The maximum atomic E-state index is 13.6. The zero-order valence-corrected chi connectivity index (χ0v) is 25.2. The molecule has 1 amide bonds. The van der Waals surface area contributed by atoms with Gasteiger partial charge in [0.15, 0.2) is 9.84 Å². The van der Waals surface area contributed by atoms with E-state index in [-0.39, 0.29) is 23.3 Å². The molecular weight excluding hydrogens is 577 g/mol. The highest BCUT2D eigenvalue weighted by molar-refractivity contribution is 7.91. The molecule has 2 fully saturated rings. The average molecular weight is 612 g/mol.